The fraction of sp³-hybridized carbons (Fsp3) is 0.111. The number of thiazole rings is 1. The first-order chi connectivity index (χ1) is 12.1. The second-order valence-corrected chi connectivity index (χ2v) is 7.56. The molecular weight excluding hydrogens is 354 g/mol. The molecule has 4 aromatic rings. The molecule has 7 heteroatoms. The Labute approximate surface area is 150 Å². The van der Waals surface area contributed by atoms with Gasteiger partial charge in [-0.1, -0.05) is 41.7 Å². The smallest absolute Gasteiger partial charge is 0.266 e. The van der Waals surface area contributed by atoms with Crippen LogP contribution in [0.2, 0.25) is 0 Å². The van der Waals surface area contributed by atoms with Crippen molar-refractivity contribution < 1.29 is 0 Å². The van der Waals surface area contributed by atoms with E-state index in [1.54, 1.807) is 11.3 Å². The molecule has 0 fully saturated rings. The van der Waals surface area contributed by atoms with Crippen LogP contribution in [-0.2, 0) is 6.42 Å². The number of benzene rings is 1. The van der Waals surface area contributed by atoms with E-state index in [2.05, 4.69) is 10.1 Å². The second kappa shape index (κ2) is 6.34. The molecule has 25 heavy (non-hydrogen) atoms. The summed E-state index contributed by atoms with van der Waals surface area (Å²) in [5.74, 6) is 0. The van der Waals surface area contributed by atoms with Crippen LogP contribution in [0.5, 0.6) is 0 Å². The number of fused-ring (bicyclic) bond motifs is 1. The predicted molar refractivity (Wildman–Crippen MR) is 100 cm³/mol. The maximum Gasteiger partial charge on any atom is 0.296 e. The van der Waals surface area contributed by atoms with E-state index in [-0.39, 0.29) is 16.8 Å². The molecule has 124 valence electrons. The Kier molecular flexibility index (Phi) is 4.03. The van der Waals surface area contributed by atoms with Crippen LogP contribution in [0.3, 0.4) is 0 Å². The predicted octanol–water partition coefficient (Wildman–Crippen LogP) is 2.02. The molecule has 0 spiro atoms. The third-order valence-corrected chi connectivity index (χ3v) is 5.75. The van der Waals surface area contributed by atoms with E-state index in [4.69, 9.17) is 0 Å². The van der Waals surface area contributed by atoms with Crippen molar-refractivity contribution >= 4 is 33.7 Å². The molecule has 3 heterocycles. The molecule has 0 N–H and O–H groups in total. The van der Waals surface area contributed by atoms with Crippen LogP contribution in [0.15, 0.2) is 51.4 Å². The molecule has 0 saturated carbocycles. The first kappa shape index (κ1) is 15.9. The third kappa shape index (κ3) is 3.04. The van der Waals surface area contributed by atoms with Gasteiger partial charge < -0.3 is 0 Å². The van der Waals surface area contributed by atoms with E-state index in [9.17, 15) is 9.59 Å². The van der Waals surface area contributed by atoms with Crippen LogP contribution >= 0.6 is 22.7 Å². The minimum Gasteiger partial charge on any atom is -0.266 e. The van der Waals surface area contributed by atoms with Crippen molar-refractivity contribution in [3.63, 3.8) is 0 Å². The van der Waals surface area contributed by atoms with Gasteiger partial charge in [-0.2, -0.15) is 14.6 Å². The number of nitrogens with zero attached hydrogens (tertiary/aromatic N) is 3. The average molecular weight is 367 g/mol. The average Bonchev–Trinajstić information content (AvgIpc) is 3.14. The molecule has 0 radical (unpaired) electrons. The molecule has 0 amide bonds. The van der Waals surface area contributed by atoms with Gasteiger partial charge in [0.1, 0.15) is 5.69 Å². The molecule has 1 aromatic carbocycles. The van der Waals surface area contributed by atoms with Crippen LogP contribution in [0.1, 0.15) is 21.7 Å². The van der Waals surface area contributed by atoms with E-state index in [0.717, 1.165) is 16.0 Å². The maximum atomic E-state index is 12.6. The van der Waals surface area contributed by atoms with Crippen LogP contribution in [0.25, 0.3) is 11.0 Å². The van der Waals surface area contributed by atoms with E-state index in [0.29, 0.717) is 15.9 Å². The highest BCUT2D eigenvalue weighted by molar-refractivity contribution is 7.15. The molecule has 0 atom stereocenters. The molecule has 0 bridgehead atoms. The number of hydrogen-bond acceptors (Lipinski definition) is 6. The highest BCUT2D eigenvalue weighted by Crippen LogP contribution is 2.16. The summed E-state index contributed by atoms with van der Waals surface area (Å²) in [6, 6.07) is 11.6. The normalized spacial score (nSPS) is 12.1. The fourth-order valence-corrected chi connectivity index (χ4v) is 4.31. The molecule has 4 rings (SSSR count). The Bertz CT molecular complexity index is 1220. The topological polar surface area (TPSA) is 64.3 Å². The van der Waals surface area contributed by atoms with E-state index >= 15 is 0 Å². The van der Waals surface area contributed by atoms with Crippen LogP contribution < -0.4 is 15.7 Å². The van der Waals surface area contributed by atoms with Crippen molar-refractivity contribution in [3.8, 4) is 0 Å². The molecular formula is C18H13N3O2S2. The minimum atomic E-state index is -0.385. The summed E-state index contributed by atoms with van der Waals surface area (Å²) < 4.78 is 1.76. The standard InChI is InChI=1S/C18H13N3O2S2/c1-11-7-8-24-14(11)10-15-17(23)21-18(25-15)19-16(22)13(20-21)9-12-5-3-2-4-6-12/h2-8,10H,9H2,1H3/b15-10-. The summed E-state index contributed by atoms with van der Waals surface area (Å²) in [5, 5.41) is 6.25. The number of thiophene rings is 1. The molecule has 5 nitrogen and oxygen atoms in total. The quantitative estimate of drug-likeness (QED) is 0.556. The summed E-state index contributed by atoms with van der Waals surface area (Å²) in [6.45, 7) is 2.00. The van der Waals surface area contributed by atoms with Crippen LogP contribution in [-0.4, -0.2) is 14.6 Å². The van der Waals surface area contributed by atoms with Gasteiger partial charge in [-0.15, -0.1) is 11.3 Å². The van der Waals surface area contributed by atoms with Crippen LogP contribution in [0, 0.1) is 6.92 Å². The largest absolute Gasteiger partial charge is 0.296 e. The van der Waals surface area contributed by atoms with Gasteiger partial charge >= 0.3 is 0 Å². The summed E-state index contributed by atoms with van der Waals surface area (Å²) in [5.41, 5.74) is 1.72. The Morgan fingerprint density at radius 2 is 1.96 bits per heavy atom. The van der Waals surface area contributed by atoms with Gasteiger partial charge in [0.25, 0.3) is 11.1 Å². The summed E-state index contributed by atoms with van der Waals surface area (Å²) in [7, 11) is 0. The maximum absolute atomic E-state index is 12.6. The van der Waals surface area contributed by atoms with E-state index in [1.165, 1.54) is 15.9 Å². The van der Waals surface area contributed by atoms with E-state index < -0.39 is 0 Å². The Morgan fingerprint density at radius 3 is 2.68 bits per heavy atom. The lowest BCUT2D eigenvalue weighted by Gasteiger charge is -1.99. The summed E-state index contributed by atoms with van der Waals surface area (Å²) in [6.07, 6.45) is 2.19. The molecule has 0 unspecified atom stereocenters. The third-order valence-electron chi connectivity index (χ3n) is 3.83. The zero-order chi connectivity index (χ0) is 17.4. The van der Waals surface area contributed by atoms with Crippen LogP contribution in [0.4, 0.5) is 0 Å². The van der Waals surface area contributed by atoms with Gasteiger partial charge in [-0.25, -0.2) is 0 Å². The van der Waals surface area contributed by atoms with E-state index in [1.807, 2.05) is 54.8 Å². The van der Waals surface area contributed by atoms with Gasteiger partial charge in [0.05, 0.1) is 4.53 Å². The number of rotatable bonds is 3. The van der Waals surface area contributed by atoms with Crippen molar-refractivity contribution in [3.05, 3.63) is 88.7 Å². The van der Waals surface area contributed by atoms with Crippen molar-refractivity contribution in [2.45, 2.75) is 13.3 Å². The Hall–Kier alpha value is -2.64. The molecule has 0 aliphatic heterocycles. The molecule has 3 aromatic heterocycles. The number of aryl methyl sites for hydroxylation is 1. The van der Waals surface area contributed by atoms with Gasteiger partial charge in [0.15, 0.2) is 0 Å². The molecule has 0 saturated heterocycles. The second-order valence-electron chi connectivity index (χ2n) is 5.60. The fourth-order valence-electron chi connectivity index (χ4n) is 2.49. The SMILES string of the molecule is Cc1ccsc1/C=c1\sc2nc(=O)c(Cc3ccccc3)nn2c1=O. The number of aromatic nitrogens is 3. The Morgan fingerprint density at radius 1 is 1.16 bits per heavy atom. The zero-order valence-electron chi connectivity index (χ0n) is 13.3. The Balaban J connectivity index is 1.85. The molecule has 0 aliphatic carbocycles. The molecule has 0 aliphatic rings. The van der Waals surface area contributed by atoms with Gasteiger partial charge in [-0.3, -0.25) is 9.59 Å². The van der Waals surface area contributed by atoms with Gasteiger partial charge in [0, 0.05) is 11.3 Å². The number of hydrogen-bond donors (Lipinski definition) is 0. The summed E-state index contributed by atoms with van der Waals surface area (Å²) in [4.78, 5) is 30.3. The first-order valence-corrected chi connectivity index (χ1v) is 9.34. The van der Waals surface area contributed by atoms with Crippen molar-refractivity contribution in [1.29, 1.82) is 0 Å². The lowest BCUT2D eigenvalue weighted by molar-refractivity contribution is 0.811. The minimum absolute atomic E-state index is 0.241. The van der Waals surface area contributed by atoms with Crippen molar-refractivity contribution in [1.82, 2.24) is 14.6 Å². The van der Waals surface area contributed by atoms with Gasteiger partial charge in [-0.05, 0) is 35.6 Å². The van der Waals surface area contributed by atoms with Crippen molar-refractivity contribution in [2.75, 3.05) is 0 Å². The monoisotopic (exact) mass is 367 g/mol. The van der Waals surface area contributed by atoms with Gasteiger partial charge in [0.2, 0.25) is 4.96 Å². The highest BCUT2D eigenvalue weighted by atomic mass is 32.1. The zero-order valence-corrected chi connectivity index (χ0v) is 14.9. The summed E-state index contributed by atoms with van der Waals surface area (Å²) >= 11 is 2.76. The van der Waals surface area contributed by atoms with Crippen molar-refractivity contribution in [2.24, 2.45) is 0 Å². The lowest BCUT2D eigenvalue weighted by atomic mass is 10.1. The highest BCUT2D eigenvalue weighted by Gasteiger charge is 2.12. The first-order valence-electron chi connectivity index (χ1n) is 7.64. The lowest BCUT2D eigenvalue weighted by Crippen LogP contribution is -2.28.